The molecule has 21 heavy (non-hydrogen) atoms. The van der Waals surface area contributed by atoms with Crippen LogP contribution in [0.1, 0.15) is 15.9 Å². The van der Waals surface area contributed by atoms with Crippen molar-refractivity contribution in [2.45, 2.75) is 6.92 Å². The highest BCUT2D eigenvalue weighted by molar-refractivity contribution is 6.30. The number of hydrogen-bond acceptors (Lipinski definition) is 2. The van der Waals surface area contributed by atoms with Gasteiger partial charge in [0.2, 0.25) is 0 Å². The van der Waals surface area contributed by atoms with Crippen LogP contribution < -0.4 is 5.32 Å². The van der Waals surface area contributed by atoms with E-state index in [0.717, 1.165) is 22.2 Å². The van der Waals surface area contributed by atoms with Crippen molar-refractivity contribution in [3.8, 4) is 0 Å². The number of Topliss-reactive ketones (excluding diaryl/α,β-unsaturated/α-hetero) is 1. The van der Waals surface area contributed by atoms with E-state index in [1.165, 1.54) is 0 Å². The third kappa shape index (κ3) is 2.78. The number of H-pyrrole nitrogens is 1. The number of aromatic amines is 1. The van der Waals surface area contributed by atoms with Gasteiger partial charge in [-0.3, -0.25) is 4.79 Å². The third-order valence-corrected chi connectivity index (χ3v) is 3.75. The van der Waals surface area contributed by atoms with Crippen LogP contribution in [-0.2, 0) is 0 Å². The van der Waals surface area contributed by atoms with Crippen LogP contribution in [0.25, 0.3) is 10.9 Å². The molecule has 0 unspecified atom stereocenters. The number of ketones is 1. The van der Waals surface area contributed by atoms with Gasteiger partial charge in [0.25, 0.3) is 0 Å². The Labute approximate surface area is 127 Å². The Hall–Kier alpha value is -2.26. The number of halogens is 1. The minimum absolute atomic E-state index is 0.0572. The lowest BCUT2D eigenvalue weighted by Crippen LogP contribution is -2.14. The molecule has 0 bridgehead atoms. The van der Waals surface area contributed by atoms with Crippen molar-refractivity contribution < 1.29 is 4.79 Å². The number of carbonyl (C=O) groups is 1. The van der Waals surface area contributed by atoms with Crippen molar-refractivity contribution in [1.29, 1.82) is 0 Å². The Bertz CT molecular complexity index is 807. The fourth-order valence-corrected chi connectivity index (χ4v) is 2.63. The molecule has 0 aliphatic heterocycles. The van der Waals surface area contributed by atoms with Gasteiger partial charge in [-0.05, 0) is 36.8 Å². The van der Waals surface area contributed by atoms with Crippen LogP contribution in [0.4, 0.5) is 5.69 Å². The maximum atomic E-state index is 12.4. The molecule has 0 amide bonds. The summed E-state index contributed by atoms with van der Waals surface area (Å²) < 4.78 is 0. The molecule has 0 atom stereocenters. The van der Waals surface area contributed by atoms with Crippen LogP contribution in [0.15, 0.2) is 48.7 Å². The van der Waals surface area contributed by atoms with Gasteiger partial charge in [-0.1, -0.05) is 29.8 Å². The van der Waals surface area contributed by atoms with Crippen LogP contribution in [-0.4, -0.2) is 17.3 Å². The second kappa shape index (κ2) is 5.62. The molecular weight excluding hydrogens is 284 g/mol. The van der Waals surface area contributed by atoms with E-state index < -0.39 is 0 Å². The largest absolute Gasteiger partial charge is 0.377 e. The first-order valence-corrected chi connectivity index (χ1v) is 7.12. The lowest BCUT2D eigenvalue weighted by atomic mass is 10.1. The molecule has 3 nitrogen and oxygen atoms in total. The molecule has 0 radical (unpaired) electrons. The Kier molecular flexibility index (Phi) is 3.67. The van der Waals surface area contributed by atoms with Gasteiger partial charge in [0.1, 0.15) is 0 Å². The van der Waals surface area contributed by atoms with E-state index >= 15 is 0 Å². The fraction of sp³-hybridized carbons (Fsp3) is 0.118. The number of rotatable bonds is 4. The Morgan fingerprint density at radius 3 is 2.86 bits per heavy atom. The van der Waals surface area contributed by atoms with Gasteiger partial charge >= 0.3 is 0 Å². The van der Waals surface area contributed by atoms with E-state index in [4.69, 9.17) is 11.6 Å². The van der Waals surface area contributed by atoms with Gasteiger partial charge in [0.15, 0.2) is 5.78 Å². The third-order valence-electron chi connectivity index (χ3n) is 3.52. The monoisotopic (exact) mass is 298 g/mol. The summed E-state index contributed by atoms with van der Waals surface area (Å²) in [6.45, 7) is 2.22. The zero-order valence-electron chi connectivity index (χ0n) is 11.6. The predicted octanol–water partition coefficient (Wildman–Crippen LogP) is 4.42. The molecular formula is C17H15ClN2O. The molecule has 1 heterocycles. The highest BCUT2D eigenvalue weighted by Gasteiger charge is 2.11. The molecule has 4 heteroatoms. The highest BCUT2D eigenvalue weighted by Crippen LogP contribution is 2.21. The van der Waals surface area contributed by atoms with Gasteiger partial charge in [-0.25, -0.2) is 0 Å². The first-order valence-electron chi connectivity index (χ1n) is 6.74. The maximum Gasteiger partial charge on any atom is 0.183 e. The lowest BCUT2D eigenvalue weighted by molar-refractivity contribution is 0.101. The van der Waals surface area contributed by atoms with Crippen molar-refractivity contribution in [3.05, 3.63) is 64.8 Å². The molecule has 0 aliphatic carbocycles. The molecule has 1 aromatic heterocycles. The Morgan fingerprint density at radius 2 is 2.05 bits per heavy atom. The first kappa shape index (κ1) is 13.7. The molecule has 2 aromatic carbocycles. The number of anilines is 1. The molecule has 106 valence electrons. The van der Waals surface area contributed by atoms with Crippen molar-refractivity contribution in [1.82, 2.24) is 4.98 Å². The van der Waals surface area contributed by atoms with E-state index in [1.54, 1.807) is 6.20 Å². The molecule has 0 saturated carbocycles. The zero-order valence-corrected chi connectivity index (χ0v) is 12.4. The summed E-state index contributed by atoms with van der Waals surface area (Å²) in [6, 6.07) is 13.4. The number of para-hydroxylation sites is 1. The van der Waals surface area contributed by atoms with E-state index in [9.17, 15) is 4.79 Å². The van der Waals surface area contributed by atoms with Gasteiger partial charge in [-0.2, -0.15) is 0 Å². The quantitative estimate of drug-likeness (QED) is 0.700. The summed E-state index contributed by atoms with van der Waals surface area (Å²) in [5.74, 6) is 0.0572. The maximum absolute atomic E-state index is 12.4. The fourth-order valence-electron chi connectivity index (χ4n) is 2.40. The number of carbonyl (C=O) groups excluding carboxylic acids is 1. The Morgan fingerprint density at radius 1 is 1.24 bits per heavy atom. The molecule has 0 spiro atoms. The normalized spacial score (nSPS) is 10.8. The number of hydrogen-bond donors (Lipinski definition) is 2. The highest BCUT2D eigenvalue weighted by atomic mass is 35.5. The average molecular weight is 299 g/mol. The second-order valence-electron chi connectivity index (χ2n) is 4.98. The molecule has 0 aliphatic rings. The van der Waals surface area contributed by atoms with Crippen LogP contribution in [0.2, 0.25) is 5.02 Å². The summed E-state index contributed by atoms with van der Waals surface area (Å²) in [5, 5.41) is 4.82. The van der Waals surface area contributed by atoms with Gasteiger partial charge < -0.3 is 10.3 Å². The average Bonchev–Trinajstić information content (AvgIpc) is 2.90. The van der Waals surface area contributed by atoms with Crippen molar-refractivity contribution in [2.24, 2.45) is 0 Å². The smallest absolute Gasteiger partial charge is 0.183 e. The van der Waals surface area contributed by atoms with Crippen LogP contribution in [0, 0.1) is 6.92 Å². The topological polar surface area (TPSA) is 44.9 Å². The van der Waals surface area contributed by atoms with Crippen LogP contribution >= 0.6 is 11.6 Å². The Balaban J connectivity index is 1.77. The summed E-state index contributed by atoms with van der Waals surface area (Å²) in [4.78, 5) is 15.5. The summed E-state index contributed by atoms with van der Waals surface area (Å²) in [6.07, 6.45) is 1.77. The van der Waals surface area contributed by atoms with Crippen molar-refractivity contribution in [2.75, 3.05) is 11.9 Å². The lowest BCUT2D eigenvalue weighted by Gasteiger charge is -2.09. The summed E-state index contributed by atoms with van der Waals surface area (Å²) in [5.41, 5.74) is 3.63. The minimum atomic E-state index is 0.0572. The van der Waals surface area contributed by atoms with E-state index in [0.29, 0.717) is 10.6 Å². The van der Waals surface area contributed by atoms with Crippen molar-refractivity contribution >= 4 is 34.0 Å². The first-order chi connectivity index (χ1) is 10.1. The van der Waals surface area contributed by atoms with E-state index in [-0.39, 0.29) is 12.3 Å². The number of aryl methyl sites for hydroxylation is 1. The van der Waals surface area contributed by atoms with Gasteiger partial charge in [0, 0.05) is 33.4 Å². The molecule has 0 fully saturated rings. The van der Waals surface area contributed by atoms with E-state index in [1.807, 2.05) is 49.4 Å². The van der Waals surface area contributed by atoms with Crippen molar-refractivity contribution in [3.63, 3.8) is 0 Å². The number of fused-ring (bicyclic) bond motifs is 1. The van der Waals surface area contributed by atoms with E-state index in [2.05, 4.69) is 10.3 Å². The van der Waals surface area contributed by atoms with Crippen LogP contribution in [0.3, 0.4) is 0 Å². The molecule has 3 rings (SSSR count). The number of benzene rings is 2. The van der Waals surface area contributed by atoms with Gasteiger partial charge in [0.05, 0.1) is 6.54 Å². The SMILES string of the molecule is Cc1cc(Cl)ccc1NCC(=O)c1c[nH]c2ccccc12. The zero-order chi connectivity index (χ0) is 14.8. The predicted molar refractivity (Wildman–Crippen MR) is 87.3 cm³/mol. The van der Waals surface area contributed by atoms with Gasteiger partial charge in [-0.15, -0.1) is 0 Å². The number of aromatic nitrogens is 1. The standard InChI is InChI=1S/C17H15ClN2O/c1-11-8-12(18)6-7-15(11)20-10-17(21)14-9-19-16-5-3-2-4-13(14)16/h2-9,19-20H,10H2,1H3. The summed E-state index contributed by atoms with van der Waals surface area (Å²) in [7, 11) is 0. The molecule has 2 N–H and O–H groups in total. The minimum Gasteiger partial charge on any atom is -0.377 e. The molecule has 0 saturated heterocycles. The molecule has 3 aromatic rings. The van der Waals surface area contributed by atoms with Crippen LogP contribution in [0.5, 0.6) is 0 Å². The number of nitrogens with one attached hydrogen (secondary N) is 2. The summed E-state index contributed by atoms with van der Waals surface area (Å²) >= 11 is 5.93. The second-order valence-corrected chi connectivity index (χ2v) is 5.42.